The van der Waals surface area contributed by atoms with E-state index in [9.17, 15) is 0 Å². The van der Waals surface area contributed by atoms with Crippen LogP contribution >= 0.6 is 0 Å². The Morgan fingerprint density at radius 3 is 1.23 bits per heavy atom. The van der Waals surface area contributed by atoms with Gasteiger partial charge in [-0.2, -0.15) is 0 Å². The van der Waals surface area contributed by atoms with Gasteiger partial charge in [-0.1, -0.05) is 24.3 Å². The molecule has 0 radical (unpaired) electrons. The fourth-order valence-corrected chi connectivity index (χ4v) is 1.68. The van der Waals surface area contributed by atoms with Gasteiger partial charge in [0.15, 0.2) is 0 Å². The molecule has 2 aromatic heterocycles. The van der Waals surface area contributed by atoms with E-state index in [1.165, 1.54) is 0 Å². The van der Waals surface area contributed by atoms with Crippen molar-refractivity contribution in [2.45, 2.75) is 0 Å². The van der Waals surface area contributed by atoms with Crippen LogP contribution in [0.25, 0.3) is 21.8 Å². The maximum atomic E-state index is 8.52. The topological polar surface area (TPSA) is 301 Å². The predicted molar refractivity (Wildman–Crippen MR) is 94.2 cm³/mol. The van der Waals surface area contributed by atoms with Crippen molar-refractivity contribution in [1.29, 1.82) is 0 Å². The molecular weight excluding hydrogens is 430 g/mol. The van der Waals surface area contributed by atoms with Crippen LogP contribution in [0.4, 0.5) is 0 Å². The van der Waals surface area contributed by atoms with Crippen molar-refractivity contribution < 1.29 is 69.9 Å². The van der Waals surface area contributed by atoms with E-state index in [0.29, 0.717) is 0 Å². The molecular formula is C12H24N2O10SZn+4. The van der Waals surface area contributed by atoms with Crippen LogP contribution in [0.3, 0.4) is 0 Å². The Balaban J connectivity index is -0.0000000762. The van der Waals surface area contributed by atoms with Gasteiger partial charge in [-0.15, -0.1) is 0 Å². The summed E-state index contributed by atoms with van der Waals surface area (Å²) in [6, 6.07) is 12.1. The zero-order chi connectivity index (χ0) is 13.9. The summed E-state index contributed by atoms with van der Waals surface area (Å²) in [7, 11) is -5.17. The van der Waals surface area contributed by atoms with Crippen LogP contribution in [0.5, 0.6) is 0 Å². The SMILES string of the molecule is O.O.O=S(=O)([O-])[O-].[OH3+].[OH3+].[OH3+].[OH3+].[Zn+2].c1cnc2c(c1)ccc1cccnc12. The van der Waals surface area contributed by atoms with Gasteiger partial charge in [-0.3, -0.25) is 18.4 Å². The standard InChI is InChI=1S/C12H8N2.H2O4S.6H2O.Zn/c1-3-9-5-6-10-4-2-8-14-12(10)11(9)13-7-1;1-5(2,3)4;;;;;;;/h1-8H;(H2,1,2,3,4);6*1H2;/q;;;;;;;;+2/p+2. The van der Waals surface area contributed by atoms with Gasteiger partial charge in [0.25, 0.3) is 0 Å². The van der Waals surface area contributed by atoms with Crippen molar-refractivity contribution in [1.82, 2.24) is 9.97 Å². The molecule has 0 aliphatic carbocycles. The molecule has 0 aliphatic heterocycles. The molecule has 0 fully saturated rings. The van der Waals surface area contributed by atoms with E-state index < -0.39 is 10.4 Å². The molecule has 0 unspecified atom stereocenters. The molecule has 0 saturated heterocycles. The molecule has 0 atom stereocenters. The monoisotopic (exact) mass is 452 g/mol. The van der Waals surface area contributed by atoms with Gasteiger partial charge in [0.1, 0.15) is 0 Å². The quantitative estimate of drug-likeness (QED) is 0.107. The van der Waals surface area contributed by atoms with Crippen molar-refractivity contribution in [2.75, 3.05) is 0 Å². The summed E-state index contributed by atoms with van der Waals surface area (Å²) in [4.78, 5) is 8.69. The number of aromatic nitrogens is 2. The van der Waals surface area contributed by atoms with Crippen molar-refractivity contribution in [3.05, 3.63) is 48.8 Å². The second-order valence-electron chi connectivity index (χ2n) is 3.62. The van der Waals surface area contributed by atoms with Crippen LogP contribution in [-0.4, -0.2) is 38.4 Å². The van der Waals surface area contributed by atoms with Crippen LogP contribution in [0.1, 0.15) is 0 Å². The van der Waals surface area contributed by atoms with Gasteiger partial charge in [-0.05, 0) is 12.1 Å². The van der Waals surface area contributed by atoms with Gasteiger partial charge in [-0.25, -0.2) is 0 Å². The average molecular weight is 454 g/mol. The minimum Gasteiger partial charge on any atom is -0.759 e. The summed E-state index contributed by atoms with van der Waals surface area (Å²) >= 11 is 0. The molecule has 16 N–H and O–H groups in total. The molecule has 14 heteroatoms. The number of rotatable bonds is 0. The summed E-state index contributed by atoms with van der Waals surface area (Å²) < 4.78 is 34.1. The number of fused-ring (bicyclic) bond motifs is 3. The van der Waals surface area contributed by atoms with Gasteiger partial charge < -0.3 is 42.0 Å². The smallest absolute Gasteiger partial charge is 0.759 e. The Labute approximate surface area is 161 Å². The van der Waals surface area contributed by atoms with Gasteiger partial charge in [0.05, 0.1) is 11.0 Å². The Hall–Kier alpha value is -1.71. The Morgan fingerprint density at radius 2 is 0.962 bits per heavy atom. The van der Waals surface area contributed by atoms with Crippen LogP contribution in [0, 0.1) is 0 Å². The number of hydrogen-bond donors (Lipinski definition) is 0. The molecule has 146 valence electrons. The number of benzene rings is 1. The summed E-state index contributed by atoms with van der Waals surface area (Å²) in [6.07, 6.45) is 3.60. The first-order chi connectivity index (χ1) is 8.95. The first kappa shape index (κ1) is 39.4. The zero-order valence-corrected chi connectivity index (χ0v) is 17.4. The molecule has 0 saturated carbocycles. The summed E-state index contributed by atoms with van der Waals surface area (Å²) in [5.74, 6) is 0. The van der Waals surface area contributed by atoms with Crippen molar-refractivity contribution >= 4 is 32.2 Å². The summed E-state index contributed by atoms with van der Waals surface area (Å²) in [5.41, 5.74) is 1.95. The minimum absolute atomic E-state index is 0. The number of hydrogen-bond acceptors (Lipinski definition) is 6. The second-order valence-corrected chi connectivity index (χ2v) is 4.44. The summed E-state index contributed by atoms with van der Waals surface area (Å²) in [6.45, 7) is 0. The van der Waals surface area contributed by atoms with E-state index in [0.717, 1.165) is 21.8 Å². The van der Waals surface area contributed by atoms with Crippen molar-refractivity contribution in [3.8, 4) is 0 Å². The van der Waals surface area contributed by atoms with E-state index in [4.69, 9.17) is 17.5 Å². The average Bonchev–Trinajstić information content (AvgIpc) is 2.37. The van der Waals surface area contributed by atoms with E-state index in [1.807, 2.05) is 12.1 Å². The van der Waals surface area contributed by atoms with E-state index in [2.05, 4.69) is 34.2 Å². The molecule has 26 heavy (non-hydrogen) atoms. The van der Waals surface area contributed by atoms with Crippen LogP contribution in [0.15, 0.2) is 48.8 Å². The molecule has 0 amide bonds. The number of pyridine rings is 2. The fraction of sp³-hybridized carbons (Fsp3) is 0. The molecule has 0 aliphatic rings. The minimum atomic E-state index is -5.17. The normalized spacial score (nSPS) is 8.08. The second kappa shape index (κ2) is 16.7. The van der Waals surface area contributed by atoms with Gasteiger partial charge >= 0.3 is 19.5 Å². The third-order valence-corrected chi connectivity index (χ3v) is 2.34. The third kappa shape index (κ3) is 11.8. The molecule has 3 rings (SSSR count). The molecule has 0 spiro atoms. The third-order valence-electron chi connectivity index (χ3n) is 2.34. The summed E-state index contributed by atoms with van der Waals surface area (Å²) in [5, 5.41) is 2.28. The first-order valence-electron chi connectivity index (χ1n) is 5.20. The maximum Gasteiger partial charge on any atom is 2.00 e. The molecule has 3 aromatic rings. The largest absolute Gasteiger partial charge is 2.00 e. The molecule has 2 heterocycles. The Bertz CT molecular complexity index is 771. The predicted octanol–water partition coefficient (Wildman–Crippen LogP) is -3.89. The van der Waals surface area contributed by atoms with Crippen LogP contribution in [-0.2, 0) is 51.8 Å². The van der Waals surface area contributed by atoms with Crippen molar-refractivity contribution in [2.24, 2.45) is 0 Å². The Morgan fingerprint density at radius 1 is 0.692 bits per heavy atom. The van der Waals surface area contributed by atoms with Crippen LogP contribution < -0.4 is 0 Å². The van der Waals surface area contributed by atoms with Crippen molar-refractivity contribution in [3.63, 3.8) is 0 Å². The Kier molecular flexibility index (Phi) is 25.4. The van der Waals surface area contributed by atoms with Crippen LogP contribution in [0.2, 0.25) is 0 Å². The molecule has 0 bridgehead atoms. The maximum absolute atomic E-state index is 8.52. The molecule has 12 nitrogen and oxygen atoms in total. The molecule has 1 aromatic carbocycles. The first-order valence-corrected chi connectivity index (χ1v) is 6.53. The zero-order valence-electron chi connectivity index (χ0n) is 13.6. The van der Waals surface area contributed by atoms with Gasteiger partial charge in [0, 0.05) is 33.6 Å². The van der Waals surface area contributed by atoms with E-state index in [1.54, 1.807) is 12.4 Å². The van der Waals surface area contributed by atoms with Gasteiger partial charge in [0.2, 0.25) is 0 Å². The van der Waals surface area contributed by atoms with E-state index in [-0.39, 0.29) is 52.3 Å². The van der Waals surface area contributed by atoms with E-state index >= 15 is 0 Å². The fourth-order valence-electron chi connectivity index (χ4n) is 1.68. The number of nitrogens with zero attached hydrogens (tertiary/aromatic N) is 2.